The molecule has 10 nitrogen and oxygen atoms in total. The number of ether oxygens (including phenoxy) is 3. The topological polar surface area (TPSA) is 96.5 Å². The molecule has 3 aromatic heterocycles. The molecule has 0 amide bonds. The summed E-state index contributed by atoms with van der Waals surface area (Å²) in [7, 11) is 2.00. The van der Waals surface area contributed by atoms with Crippen molar-refractivity contribution in [3.05, 3.63) is 83.6 Å². The summed E-state index contributed by atoms with van der Waals surface area (Å²) >= 11 is 0. The molecule has 46 heavy (non-hydrogen) atoms. The molecule has 0 unspecified atom stereocenters. The Labute approximate surface area is 269 Å². The maximum atomic E-state index is 12.8. The van der Waals surface area contributed by atoms with E-state index >= 15 is 0 Å². The van der Waals surface area contributed by atoms with Crippen molar-refractivity contribution in [2.24, 2.45) is 7.05 Å². The Morgan fingerprint density at radius 1 is 0.978 bits per heavy atom. The number of pyridine rings is 1. The molecule has 2 aromatic carbocycles. The van der Waals surface area contributed by atoms with E-state index in [1.807, 2.05) is 69.0 Å². The zero-order chi connectivity index (χ0) is 31.8. The molecule has 10 heteroatoms. The maximum absolute atomic E-state index is 12.8. The number of aryl methyl sites for hydroxylation is 1. The molecule has 2 saturated heterocycles. The lowest BCUT2D eigenvalue weighted by atomic mass is 9.93. The van der Waals surface area contributed by atoms with Gasteiger partial charge in [0.1, 0.15) is 18.0 Å². The minimum atomic E-state index is -0.553. The summed E-state index contributed by atoms with van der Waals surface area (Å²) < 4.78 is 21.8. The molecule has 2 aliphatic rings. The van der Waals surface area contributed by atoms with Crippen LogP contribution in [-0.2, 0) is 36.2 Å². The molecule has 5 aromatic rings. The number of carbonyl (C=O) groups excluding carboxylic acids is 1. The molecule has 2 aliphatic heterocycles. The van der Waals surface area contributed by atoms with Gasteiger partial charge in [-0.05, 0) is 95.1 Å². The number of aromatic nitrogens is 5. The fraction of sp³-hybridized carbons (Fsp3) is 0.444. The summed E-state index contributed by atoms with van der Waals surface area (Å²) in [6, 6.07) is 18.0. The van der Waals surface area contributed by atoms with Crippen LogP contribution in [0.2, 0.25) is 0 Å². The summed E-state index contributed by atoms with van der Waals surface area (Å²) in [5.74, 6) is 1.71. The Balaban J connectivity index is 1.00. The van der Waals surface area contributed by atoms with E-state index in [-0.39, 0.29) is 12.1 Å². The minimum Gasteiger partial charge on any atom is -0.473 e. The monoisotopic (exact) mass is 622 g/mol. The second-order valence-corrected chi connectivity index (χ2v) is 13.5. The number of piperidine rings is 1. The van der Waals surface area contributed by atoms with Gasteiger partial charge in [0.15, 0.2) is 0 Å². The highest BCUT2D eigenvalue weighted by Gasteiger charge is 2.27. The first-order valence-electron chi connectivity index (χ1n) is 16.2. The van der Waals surface area contributed by atoms with Gasteiger partial charge in [0.25, 0.3) is 0 Å². The number of rotatable bonds is 9. The average Bonchev–Trinajstić information content (AvgIpc) is 3.56. The largest absolute Gasteiger partial charge is 0.473 e. The van der Waals surface area contributed by atoms with Crippen molar-refractivity contribution >= 4 is 28.0 Å². The van der Waals surface area contributed by atoms with E-state index < -0.39 is 5.60 Å². The number of imidazole rings is 2. The third kappa shape index (κ3) is 6.64. The van der Waals surface area contributed by atoms with Crippen LogP contribution in [-0.4, -0.2) is 66.4 Å². The number of benzene rings is 2. The van der Waals surface area contributed by atoms with Crippen LogP contribution in [0.15, 0.2) is 60.9 Å². The van der Waals surface area contributed by atoms with E-state index in [1.165, 1.54) is 0 Å². The van der Waals surface area contributed by atoms with Crippen molar-refractivity contribution in [1.29, 1.82) is 0 Å². The minimum absolute atomic E-state index is 0.172. The molecular weight excluding hydrogens is 580 g/mol. The molecule has 1 atom stereocenters. The van der Waals surface area contributed by atoms with E-state index in [0.29, 0.717) is 24.0 Å². The standard InChI is InChI=1S/C36H42N6O4/c1-36(2,3)46-35(43)26-9-10-29-32(19-26)42(20-27-14-17-44-27)33(38-29)21-41-15-12-25(13-16-41)28-6-5-7-34(39-28)45-22-24-8-11-31-30(18-24)37-23-40(31)4/h5-11,18-19,23,25,27H,12-17,20-22H2,1-4H3/t27-/m0/s1. The Kier molecular flexibility index (Phi) is 8.25. The third-order valence-corrected chi connectivity index (χ3v) is 8.93. The third-order valence-electron chi connectivity index (χ3n) is 8.93. The quantitative estimate of drug-likeness (QED) is 0.184. The van der Waals surface area contributed by atoms with Gasteiger partial charge in [-0.2, -0.15) is 0 Å². The summed E-state index contributed by atoms with van der Waals surface area (Å²) in [5, 5.41) is 0. The van der Waals surface area contributed by atoms with Gasteiger partial charge in [0.05, 0.1) is 53.2 Å². The summed E-state index contributed by atoms with van der Waals surface area (Å²) in [5.41, 5.74) is 6.05. The van der Waals surface area contributed by atoms with Gasteiger partial charge in [-0.25, -0.2) is 19.7 Å². The van der Waals surface area contributed by atoms with Gasteiger partial charge in [0, 0.05) is 31.3 Å². The fourth-order valence-corrected chi connectivity index (χ4v) is 6.35. The second kappa shape index (κ2) is 12.5. The van der Waals surface area contributed by atoms with E-state index in [4.69, 9.17) is 24.2 Å². The molecule has 0 N–H and O–H groups in total. The highest BCUT2D eigenvalue weighted by Crippen LogP contribution is 2.30. The van der Waals surface area contributed by atoms with Crippen LogP contribution in [0.3, 0.4) is 0 Å². The number of hydrogen-bond acceptors (Lipinski definition) is 8. The molecule has 0 saturated carbocycles. The smallest absolute Gasteiger partial charge is 0.338 e. The van der Waals surface area contributed by atoms with E-state index in [9.17, 15) is 4.79 Å². The second-order valence-electron chi connectivity index (χ2n) is 13.5. The number of carbonyl (C=O) groups is 1. The van der Waals surface area contributed by atoms with Crippen molar-refractivity contribution in [2.75, 3.05) is 19.7 Å². The van der Waals surface area contributed by atoms with Crippen molar-refractivity contribution in [3.63, 3.8) is 0 Å². The number of nitrogens with zero attached hydrogens (tertiary/aromatic N) is 6. The number of hydrogen-bond donors (Lipinski definition) is 0. The van der Waals surface area contributed by atoms with Gasteiger partial charge < -0.3 is 23.3 Å². The fourth-order valence-electron chi connectivity index (χ4n) is 6.35. The molecule has 7 rings (SSSR count). The molecular formula is C36H42N6O4. The van der Waals surface area contributed by atoms with Crippen LogP contribution in [0.4, 0.5) is 0 Å². The van der Waals surface area contributed by atoms with Gasteiger partial charge in [-0.1, -0.05) is 12.1 Å². The lowest BCUT2D eigenvalue weighted by Crippen LogP contribution is -2.35. The van der Waals surface area contributed by atoms with Gasteiger partial charge in [0.2, 0.25) is 5.88 Å². The SMILES string of the molecule is Cn1cnc2cc(COc3cccc(C4CCN(Cc5nc6ccc(C(=O)OC(C)(C)C)cc6n5C[C@@H]5CCO5)CC4)n3)ccc21. The van der Waals surface area contributed by atoms with Crippen LogP contribution in [0.25, 0.3) is 22.1 Å². The molecule has 2 fully saturated rings. The van der Waals surface area contributed by atoms with E-state index in [1.54, 1.807) is 0 Å². The van der Waals surface area contributed by atoms with Crippen molar-refractivity contribution in [3.8, 4) is 5.88 Å². The van der Waals surface area contributed by atoms with Crippen molar-refractivity contribution in [1.82, 2.24) is 29.0 Å². The number of likely N-dealkylation sites (tertiary alicyclic amines) is 1. The van der Waals surface area contributed by atoms with Crippen LogP contribution in [0.5, 0.6) is 5.88 Å². The summed E-state index contributed by atoms with van der Waals surface area (Å²) in [6.45, 7) is 10.3. The first-order valence-corrected chi connectivity index (χ1v) is 16.2. The Bertz CT molecular complexity index is 1860. The lowest BCUT2D eigenvalue weighted by Gasteiger charge is -2.32. The highest BCUT2D eigenvalue weighted by molar-refractivity contribution is 5.94. The summed E-state index contributed by atoms with van der Waals surface area (Å²) in [4.78, 5) is 29.7. The zero-order valence-corrected chi connectivity index (χ0v) is 27.1. The van der Waals surface area contributed by atoms with Crippen molar-refractivity contribution < 1.29 is 19.0 Å². The summed E-state index contributed by atoms with van der Waals surface area (Å²) in [6.07, 6.45) is 5.06. The van der Waals surface area contributed by atoms with Crippen LogP contribution in [0.1, 0.15) is 73.4 Å². The van der Waals surface area contributed by atoms with E-state index in [0.717, 1.165) is 91.2 Å². The highest BCUT2D eigenvalue weighted by atomic mass is 16.6. The van der Waals surface area contributed by atoms with Gasteiger partial charge in [-0.3, -0.25) is 4.90 Å². The number of esters is 1. The maximum Gasteiger partial charge on any atom is 0.338 e. The molecule has 5 heterocycles. The lowest BCUT2D eigenvalue weighted by molar-refractivity contribution is -0.0592. The average molecular weight is 623 g/mol. The predicted molar refractivity (Wildman–Crippen MR) is 176 cm³/mol. The Morgan fingerprint density at radius 2 is 1.80 bits per heavy atom. The van der Waals surface area contributed by atoms with Gasteiger partial charge in [-0.15, -0.1) is 0 Å². The van der Waals surface area contributed by atoms with Gasteiger partial charge >= 0.3 is 5.97 Å². The Morgan fingerprint density at radius 3 is 2.57 bits per heavy atom. The Hall–Kier alpha value is -4.28. The molecule has 0 aliphatic carbocycles. The molecule has 0 bridgehead atoms. The normalized spacial score (nSPS) is 17.8. The predicted octanol–water partition coefficient (Wildman–Crippen LogP) is 6.02. The zero-order valence-electron chi connectivity index (χ0n) is 27.1. The van der Waals surface area contributed by atoms with Crippen LogP contribution in [0, 0.1) is 0 Å². The molecule has 0 spiro atoms. The van der Waals surface area contributed by atoms with Crippen LogP contribution >= 0.6 is 0 Å². The van der Waals surface area contributed by atoms with Crippen LogP contribution < -0.4 is 4.74 Å². The molecule has 0 radical (unpaired) electrons. The van der Waals surface area contributed by atoms with E-state index in [2.05, 4.69) is 38.7 Å². The van der Waals surface area contributed by atoms with Crippen molar-refractivity contribution in [2.45, 2.75) is 77.4 Å². The number of fused-ring (bicyclic) bond motifs is 2. The first-order chi connectivity index (χ1) is 22.2. The first kappa shape index (κ1) is 30.4. The molecule has 240 valence electrons.